The van der Waals surface area contributed by atoms with Crippen LogP contribution in [-0.2, 0) is 10.0 Å². The van der Waals surface area contributed by atoms with Crippen molar-refractivity contribution < 1.29 is 12.8 Å². The minimum atomic E-state index is -3.73. The van der Waals surface area contributed by atoms with E-state index in [9.17, 15) is 12.8 Å². The average molecular weight is 294 g/mol. The highest BCUT2D eigenvalue weighted by atomic mass is 32.2. The first-order chi connectivity index (χ1) is 9.40. The molecule has 0 radical (unpaired) electrons. The second-order valence-corrected chi connectivity index (χ2v) is 6.15. The molecule has 6 heteroatoms. The fourth-order valence-electron chi connectivity index (χ4n) is 1.77. The summed E-state index contributed by atoms with van der Waals surface area (Å²) in [6.07, 6.45) is 0. The van der Waals surface area contributed by atoms with Gasteiger partial charge in [0, 0.05) is 14.1 Å². The Hall–Kier alpha value is -2.08. The zero-order valence-electron chi connectivity index (χ0n) is 11.2. The maximum atomic E-state index is 12.8. The van der Waals surface area contributed by atoms with Crippen molar-refractivity contribution in [3.63, 3.8) is 0 Å². The van der Waals surface area contributed by atoms with E-state index in [1.54, 1.807) is 12.1 Å². The highest BCUT2D eigenvalue weighted by Crippen LogP contribution is 2.26. The molecule has 0 aromatic heterocycles. The molecule has 2 aromatic carbocycles. The molecule has 1 N–H and O–H groups in total. The number of nitrogens with one attached hydrogen (secondary N) is 1. The molecular weight excluding hydrogens is 279 g/mol. The number of benzene rings is 2. The summed E-state index contributed by atoms with van der Waals surface area (Å²) in [5.41, 5.74) is 1.22. The van der Waals surface area contributed by atoms with Gasteiger partial charge in [0.1, 0.15) is 5.82 Å². The smallest absolute Gasteiger partial charge is 0.261 e. The van der Waals surface area contributed by atoms with Crippen molar-refractivity contribution in [2.75, 3.05) is 23.7 Å². The number of nitrogens with zero attached hydrogens (tertiary/aromatic N) is 1. The maximum absolute atomic E-state index is 12.8. The first kappa shape index (κ1) is 14.3. The van der Waals surface area contributed by atoms with Gasteiger partial charge in [-0.2, -0.15) is 0 Å². The minimum absolute atomic E-state index is 0.0208. The van der Waals surface area contributed by atoms with Gasteiger partial charge in [0.2, 0.25) is 0 Å². The number of para-hydroxylation sites is 2. The van der Waals surface area contributed by atoms with Crippen LogP contribution in [0.25, 0.3) is 0 Å². The van der Waals surface area contributed by atoms with Crippen molar-refractivity contribution in [2.24, 2.45) is 0 Å². The van der Waals surface area contributed by atoms with Gasteiger partial charge >= 0.3 is 0 Å². The molecule has 0 atom stereocenters. The van der Waals surface area contributed by atoms with Crippen LogP contribution in [0.2, 0.25) is 0 Å². The Bertz CT molecular complexity index is 697. The molecule has 0 amide bonds. The molecule has 0 fully saturated rings. The predicted molar refractivity (Wildman–Crippen MR) is 78.0 cm³/mol. The Labute approximate surface area is 117 Å². The molecule has 0 aliphatic rings. The summed E-state index contributed by atoms with van der Waals surface area (Å²) in [6.45, 7) is 0. The molecule has 106 valence electrons. The molecule has 0 aliphatic heterocycles. The van der Waals surface area contributed by atoms with E-state index in [4.69, 9.17) is 0 Å². The van der Waals surface area contributed by atoms with Gasteiger partial charge in [-0.15, -0.1) is 0 Å². The number of rotatable bonds is 4. The number of anilines is 2. The van der Waals surface area contributed by atoms with Crippen LogP contribution in [0.15, 0.2) is 53.4 Å². The van der Waals surface area contributed by atoms with Crippen LogP contribution in [0.4, 0.5) is 15.8 Å². The van der Waals surface area contributed by atoms with Gasteiger partial charge in [0.05, 0.1) is 16.3 Å². The van der Waals surface area contributed by atoms with Crippen molar-refractivity contribution in [3.05, 3.63) is 54.3 Å². The van der Waals surface area contributed by atoms with E-state index in [-0.39, 0.29) is 4.90 Å². The lowest BCUT2D eigenvalue weighted by molar-refractivity contribution is 0.599. The van der Waals surface area contributed by atoms with Gasteiger partial charge in [-0.05, 0) is 36.4 Å². The first-order valence-corrected chi connectivity index (χ1v) is 7.43. The van der Waals surface area contributed by atoms with Crippen LogP contribution >= 0.6 is 0 Å². The van der Waals surface area contributed by atoms with E-state index in [2.05, 4.69) is 4.72 Å². The number of sulfonamides is 1. The average Bonchev–Trinajstić information content (AvgIpc) is 2.39. The number of hydrogen-bond acceptors (Lipinski definition) is 3. The number of halogens is 1. The fourth-order valence-corrected chi connectivity index (χ4v) is 2.84. The SMILES string of the molecule is CN(C)c1ccccc1NS(=O)(=O)c1ccc(F)cc1. The van der Waals surface area contributed by atoms with Crippen molar-refractivity contribution in [1.82, 2.24) is 0 Å². The molecule has 0 spiro atoms. The quantitative estimate of drug-likeness (QED) is 0.943. The zero-order valence-corrected chi connectivity index (χ0v) is 12.0. The third kappa shape index (κ3) is 3.08. The third-order valence-corrected chi connectivity index (χ3v) is 4.14. The molecule has 20 heavy (non-hydrogen) atoms. The summed E-state index contributed by atoms with van der Waals surface area (Å²) in [5, 5.41) is 0. The van der Waals surface area contributed by atoms with Gasteiger partial charge in [0.25, 0.3) is 10.0 Å². The molecule has 2 aromatic rings. The standard InChI is InChI=1S/C14H15FN2O2S/c1-17(2)14-6-4-3-5-13(14)16-20(18,19)12-9-7-11(15)8-10-12/h3-10,16H,1-2H3. The van der Waals surface area contributed by atoms with Gasteiger partial charge in [-0.25, -0.2) is 12.8 Å². The third-order valence-electron chi connectivity index (χ3n) is 2.75. The number of hydrogen-bond donors (Lipinski definition) is 1. The molecule has 2 rings (SSSR count). The van der Waals surface area contributed by atoms with Crippen LogP contribution in [0, 0.1) is 5.82 Å². The molecule has 4 nitrogen and oxygen atoms in total. The molecule has 0 saturated heterocycles. The Morgan fingerprint density at radius 2 is 1.60 bits per heavy atom. The molecule has 0 saturated carbocycles. The van der Waals surface area contributed by atoms with Crippen molar-refractivity contribution in [3.8, 4) is 0 Å². The van der Waals surface area contributed by atoms with E-state index < -0.39 is 15.8 Å². The Morgan fingerprint density at radius 1 is 1.00 bits per heavy atom. The van der Waals surface area contributed by atoms with Crippen LogP contribution in [0.5, 0.6) is 0 Å². The topological polar surface area (TPSA) is 49.4 Å². The Morgan fingerprint density at radius 3 is 2.20 bits per heavy atom. The Balaban J connectivity index is 2.36. The van der Waals surface area contributed by atoms with Gasteiger partial charge in [-0.1, -0.05) is 12.1 Å². The molecule has 0 unspecified atom stereocenters. The molecular formula is C14H15FN2O2S. The lowest BCUT2D eigenvalue weighted by atomic mass is 10.2. The lowest BCUT2D eigenvalue weighted by Crippen LogP contribution is -2.17. The van der Waals surface area contributed by atoms with Crippen molar-refractivity contribution in [2.45, 2.75) is 4.90 Å². The highest BCUT2D eigenvalue weighted by molar-refractivity contribution is 7.92. The fraction of sp³-hybridized carbons (Fsp3) is 0.143. The zero-order chi connectivity index (χ0) is 14.8. The second-order valence-electron chi connectivity index (χ2n) is 4.47. The van der Waals surface area contributed by atoms with Crippen LogP contribution in [-0.4, -0.2) is 22.5 Å². The lowest BCUT2D eigenvalue weighted by Gasteiger charge is -2.18. The highest BCUT2D eigenvalue weighted by Gasteiger charge is 2.16. The summed E-state index contributed by atoms with van der Waals surface area (Å²) in [5.74, 6) is -0.474. The first-order valence-electron chi connectivity index (χ1n) is 5.95. The van der Waals surface area contributed by atoms with Crippen molar-refractivity contribution in [1.29, 1.82) is 0 Å². The summed E-state index contributed by atoms with van der Waals surface area (Å²) in [7, 11) is -0.0806. The van der Waals surface area contributed by atoms with E-state index in [0.717, 1.165) is 17.8 Å². The largest absolute Gasteiger partial charge is 0.376 e. The van der Waals surface area contributed by atoms with Crippen LogP contribution in [0.3, 0.4) is 0 Å². The van der Waals surface area contributed by atoms with Gasteiger partial charge < -0.3 is 4.90 Å². The van der Waals surface area contributed by atoms with E-state index in [0.29, 0.717) is 5.69 Å². The van der Waals surface area contributed by atoms with Gasteiger partial charge in [0.15, 0.2) is 0 Å². The van der Waals surface area contributed by atoms with E-state index in [1.807, 2.05) is 31.1 Å². The molecule has 0 bridgehead atoms. The van der Waals surface area contributed by atoms with Gasteiger partial charge in [-0.3, -0.25) is 4.72 Å². The monoisotopic (exact) mass is 294 g/mol. The predicted octanol–water partition coefficient (Wildman–Crippen LogP) is 2.69. The molecule has 0 heterocycles. The summed E-state index contributed by atoms with van der Waals surface area (Å²) in [6, 6.07) is 11.8. The maximum Gasteiger partial charge on any atom is 0.261 e. The van der Waals surface area contributed by atoms with E-state index in [1.165, 1.54) is 12.1 Å². The summed E-state index contributed by atoms with van der Waals surface area (Å²) < 4.78 is 39.8. The summed E-state index contributed by atoms with van der Waals surface area (Å²) >= 11 is 0. The Kier molecular flexibility index (Phi) is 3.94. The normalized spacial score (nSPS) is 11.2. The van der Waals surface area contributed by atoms with Crippen LogP contribution < -0.4 is 9.62 Å². The second kappa shape index (κ2) is 5.50. The van der Waals surface area contributed by atoms with Crippen molar-refractivity contribution >= 4 is 21.4 Å². The summed E-state index contributed by atoms with van der Waals surface area (Å²) in [4.78, 5) is 1.83. The van der Waals surface area contributed by atoms with E-state index >= 15 is 0 Å². The minimum Gasteiger partial charge on any atom is -0.376 e. The van der Waals surface area contributed by atoms with Crippen LogP contribution in [0.1, 0.15) is 0 Å². The molecule has 0 aliphatic carbocycles.